The van der Waals surface area contributed by atoms with Gasteiger partial charge in [0.15, 0.2) is 0 Å². The summed E-state index contributed by atoms with van der Waals surface area (Å²) in [6, 6.07) is 5.33. The van der Waals surface area contributed by atoms with Gasteiger partial charge < -0.3 is 9.73 Å². The van der Waals surface area contributed by atoms with Gasteiger partial charge in [0, 0.05) is 23.6 Å². The maximum atomic E-state index is 12.4. The molecule has 7 nitrogen and oxygen atoms in total. The van der Waals surface area contributed by atoms with Crippen LogP contribution < -0.4 is 10.9 Å². The molecule has 24 heavy (non-hydrogen) atoms. The molecule has 1 aliphatic carbocycles. The van der Waals surface area contributed by atoms with E-state index < -0.39 is 16.5 Å². The van der Waals surface area contributed by atoms with Gasteiger partial charge in [-0.15, -0.1) is 0 Å². The highest BCUT2D eigenvalue weighted by molar-refractivity contribution is 5.97. The van der Waals surface area contributed by atoms with Crippen molar-refractivity contribution in [2.75, 3.05) is 0 Å². The number of hydrogen-bond donors (Lipinski definition) is 1. The van der Waals surface area contributed by atoms with Gasteiger partial charge in [0.05, 0.1) is 4.92 Å². The molecule has 1 N–H and O–H groups in total. The lowest BCUT2D eigenvalue weighted by atomic mass is 10.1. The van der Waals surface area contributed by atoms with Crippen molar-refractivity contribution in [2.45, 2.75) is 44.6 Å². The third-order valence-electron chi connectivity index (χ3n) is 4.36. The van der Waals surface area contributed by atoms with E-state index in [1.807, 2.05) is 0 Å². The number of benzene rings is 1. The van der Waals surface area contributed by atoms with Crippen molar-refractivity contribution in [3.05, 3.63) is 50.4 Å². The van der Waals surface area contributed by atoms with Crippen molar-refractivity contribution in [1.82, 2.24) is 5.32 Å². The number of nitro groups is 1. The van der Waals surface area contributed by atoms with Crippen molar-refractivity contribution >= 4 is 22.6 Å². The average molecular weight is 330 g/mol. The highest BCUT2D eigenvalue weighted by atomic mass is 16.6. The Balaban J connectivity index is 1.89. The van der Waals surface area contributed by atoms with Gasteiger partial charge in [0.25, 0.3) is 11.6 Å². The summed E-state index contributed by atoms with van der Waals surface area (Å²) in [5.74, 6) is -0.482. The highest BCUT2D eigenvalue weighted by Crippen LogP contribution is 2.21. The Hall–Kier alpha value is -2.70. The van der Waals surface area contributed by atoms with Crippen LogP contribution in [0.15, 0.2) is 33.5 Å². The second-order valence-electron chi connectivity index (χ2n) is 6.09. The average Bonchev–Trinajstić information content (AvgIpc) is 2.82. The van der Waals surface area contributed by atoms with E-state index in [0.29, 0.717) is 5.39 Å². The molecule has 1 aromatic heterocycles. The van der Waals surface area contributed by atoms with E-state index in [1.54, 1.807) is 0 Å². The highest BCUT2D eigenvalue weighted by Gasteiger charge is 2.20. The summed E-state index contributed by atoms with van der Waals surface area (Å²) in [5, 5.41) is 14.1. The van der Waals surface area contributed by atoms with Crippen molar-refractivity contribution in [3.63, 3.8) is 0 Å². The standard InChI is InChI=1S/C17H18N2O5/c20-16(18-12-5-3-1-2-4-6-12)14-10-11-9-13(19(22)23)7-8-15(11)24-17(14)21/h7-10,12H,1-6H2,(H,18,20). The van der Waals surface area contributed by atoms with Crippen LogP contribution in [0.4, 0.5) is 5.69 Å². The molecule has 0 unspecified atom stereocenters. The summed E-state index contributed by atoms with van der Waals surface area (Å²) < 4.78 is 5.12. The van der Waals surface area contributed by atoms with Crippen LogP contribution in [0.2, 0.25) is 0 Å². The van der Waals surface area contributed by atoms with Crippen LogP contribution in [0, 0.1) is 10.1 Å². The Labute approximate surface area is 137 Å². The number of non-ortho nitro benzene ring substituents is 1. The normalized spacial score (nSPS) is 15.8. The van der Waals surface area contributed by atoms with Crippen LogP contribution in [-0.2, 0) is 0 Å². The number of nitrogens with one attached hydrogen (secondary N) is 1. The smallest absolute Gasteiger partial charge is 0.349 e. The number of amides is 1. The van der Waals surface area contributed by atoms with Crippen LogP contribution in [-0.4, -0.2) is 16.9 Å². The van der Waals surface area contributed by atoms with Gasteiger partial charge in [-0.2, -0.15) is 0 Å². The molecule has 1 aliphatic rings. The number of rotatable bonds is 3. The summed E-state index contributed by atoms with van der Waals surface area (Å²) in [6.07, 6.45) is 6.24. The first-order chi connectivity index (χ1) is 11.5. The summed E-state index contributed by atoms with van der Waals surface area (Å²) >= 11 is 0. The predicted molar refractivity (Wildman–Crippen MR) is 88.1 cm³/mol. The molecule has 0 atom stereocenters. The largest absolute Gasteiger partial charge is 0.422 e. The molecule has 7 heteroatoms. The number of carbonyl (C=O) groups is 1. The van der Waals surface area contributed by atoms with Crippen LogP contribution in [0.25, 0.3) is 11.0 Å². The van der Waals surface area contributed by atoms with Crippen LogP contribution >= 0.6 is 0 Å². The number of nitro benzene ring substituents is 1. The van der Waals surface area contributed by atoms with Crippen molar-refractivity contribution in [2.24, 2.45) is 0 Å². The maximum Gasteiger partial charge on any atom is 0.349 e. The fraction of sp³-hybridized carbons (Fsp3) is 0.412. The molecule has 1 amide bonds. The summed E-state index contributed by atoms with van der Waals surface area (Å²) in [6.45, 7) is 0. The second kappa shape index (κ2) is 6.82. The summed E-state index contributed by atoms with van der Waals surface area (Å²) in [4.78, 5) is 34.8. The molecule has 126 valence electrons. The molecule has 1 aromatic carbocycles. The van der Waals surface area contributed by atoms with E-state index in [0.717, 1.165) is 38.5 Å². The van der Waals surface area contributed by atoms with Crippen molar-refractivity contribution < 1.29 is 14.1 Å². The minimum absolute atomic E-state index is 0.0557. The van der Waals surface area contributed by atoms with Gasteiger partial charge in [-0.25, -0.2) is 4.79 Å². The Morgan fingerprint density at radius 2 is 1.88 bits per heavy atom. The Kier molecular flexibility index (Phi) is 4.59. The van der Waals surface area contributed by atoms with Crippen molar-refractivity contribution in [1.29, 1.82) is 0 Å². The van der Waals surface area contributed by atoms with E-state index >= 15 is 0 Å². The van der Waals surface area contributed by atoms with Gasteiger partial charge in [-0.1, -0.05) is 25.7 Å². The minimum Gasteiger partial charge on any atom is -0.422 e. The Bertz CT molecular complexity index is 834. The van der Waals surface area contributed by atoms with E-state index in [-0.39, 0.29) is 22.9 Å². The topological polar surface area (TPSA) is 102 Å². The zero-order valence-electron chi connectivity index (χ0n) is 13.1. The number of nitrogens with zero attached hydrogens (tertiary/aromatic N) is 1. The third kappa shape index (κ3) is 3.45. The van der Waals surface area contributed by atoms with Crippen LogP contribution in [0.1, 0.15) is 48.9 Å². The molecule has 3 rings (SSSR count). The molecule has 0 saturated heterocycles. The van der Waals surface area contributed by atoms with Gasteiger partial charge in [-0.3, -0.25) is 14.9 Å². The van der Waals surface area contributed by atoms with Crippen molar-refractivity contribution in [3.8, 4) is 0 Å². The van der Waals surface area contributed by atoms with Gasteiger partial charge in [0.2, 0.25) is 0 Å². The van der Waals surface area contributed by atoms with E-state index in [2.05, 4.69) is 5.32 Å². The lowest BCUT2D eigenvalue weighted by Crippen LogP contribution is -2.36. The first kappa shape index (κ1) is 16.2. The molecule has 2 aromatic rings. The SMILES string of the molecule is O=C(NC1CCCCCC1)c1cc2cc([N+](=O)[O-])ccc2oc1=O. The van der Waals surface area contributed by atoms with Crippen LogP contribution in [0.3, 0.4) is 0 Å². The monoisotopic (exact) mass is 330 g/mol. The molecular formula is C17H18N2O5. The lowest BCUT2D eigenvalue weighted by Gasteiger charge is -2.15. The zero-order valence-corrected chi connectivity index (χ0v) is 13.1. The fourth-order valence-corrected chi connectivity index (χ4v) is 3.07. The molecule has 0 bridgehead atoms. The fourth-order valence-electron chi connectivity index (χ4n) is 3.07. The second-order valence-corrected chi connectivity index (χ2v) is 6.09. The number of fused-ring (bicyclic) bond motifs is 1. The molecule has 0 aliphatic heterocycles. The molecule has 1 fully saturated rings. The predicted octanol–water partition coefficient (Wildman–Crippen LogP) is 3.15. The van der Waals surface area contributed by atoms with E-state index in [4.69, 9.17) is 4.42 Å². The van der Waals surface area contributed by atoms with E-state index in [9.17, 15) is 19.7 Å². The molecule has 1 saturated carbocycles. The van der Waals surface area contributed by atoms with Gasteiger partial charge in [-0.05, 0) is 25.0 Å². The van der Waals surface area contributed by atoms with Gasteiger partial charge >= 0.3 is 5.63 Å². The Morgan fingerprint density at radius 3 is 2.54 bits per heavy atom. The number of hydrogen-bond acceptors (Lipinski definition) is 5. The Morgan fingerprint density at radius 1 is 1.17 bits per heavy atom. The third-order valence-corrected chi connectivity index (χ3v) is 4.36. The quantitative estimate of drug-likeness (QED) is 0.403. The molecule has 0 spiro atoms. The lowest BCUT2D eigenvalue weighted by molar-refractivity contribution is -0.384. The first-order valence-electron chi connectivity index (χ1n) is 8.08. The minimum atomic E-state index is -0.734. The zero-order chi connectivity index (χ0) is 17.1. The van der Waals surface area contributed by atoms with Crippen LogP contribution in [0.5, 0.6) is 0 Å². The number of carbonyl (C=O) groups excluding carboxylic acids is 1. The van der Waals surface area contributed by atoms with Gasteiger partial charge in [0.1, 0.15) is 11.1 Å². The maximum absolute atomic E-state index is 12.4. The molecule has 1 heterocycles. The molecule has 0 radical (unpaired) electrons. The van der Waals surface area contributed by atoms with E-state index in [1.165, 1.54) is 24.3 Å². The molecular weight excluding hydrogens is 312 g/mol. The summed E-state index contributed by atoms with van der Waals surface area (Å²) in [7, 11) is 0. The summed E-state index contributed by atoms with van der Waals surface area (Å²) in [5.41, 5.74) is -0.752. The first-order valence-corrected chi connectivity index (χ1v) is 8.08.